The summed E-state index contributed by atoms with van der Waals surface area (Å²) < 4.78 is 0. The summed E-state index contributed by atoms with van der Waals surface area (Å²) in [6, 6.07) is 11.2. The number of hydrogen-bond donors (Lipinski definition) is 1. The predicted octanol–water partition coefficient (Wildman–Crippen LogP) is 6.05. The molecule has 114 valence electrons. The van der Waals surface area contributed by atoms with Crippen LogP contribution in [0.2, 0.25) is 20.1 Å². The Morgan fingerprint density at radius 3 is 2.24 bits per heavy atom. The molecule has 2 aromatic rings. The van der Waals surface area contributed by atoms with E-state index in [0.717, 1.165) is 30.6 Å². The van der Waals surface area contributed by atoms with E-state index in [2.05, 4.69) is 5.32 Å². The molecule has 6 heteroatoms. The fourth-order valence-corrected chi connectivity index (χ4v) is 2.65. The van der Waals surface area contributed by atoms with E-state index >= 15 is 0 Å². The van der Waals surface area contributed by atoms with Crippen LogP contribution in [0.4, 0.5) is 0 Å². The van der Waals surface area contributed by atoms with Crippen LogP contribution in [0.1, 0.15) is 11.1 Å². The van der Waals surface area contributed by atoms with E-state index in [9.17, 15) is 0 Å². The van der Waals surface area contributed by atoms with Gasteiger partial charge in [0.15, 0.2) is 0 Å². The molecule has 1 nitrogen and oxygen atoms in total. The van der Waals surface area contributed by atoms with Crippen molar-refractivity contribution in [3.63, 3.8) is 0 Å². The first-order valence-electron chi connectivity index (χ1n) is 6.15. The fraction of sp³-hybridized carbons (Fsp3) is 0.200. The summed E-state index contributed by atoms with van der Waals surface area (Å²) >= 11 is 23.8. The van der Waals surface area contributed by atoms with Crippen LogP contribution in [0.15, 0.2) is 36.4 Å². The van der Waals surface area contributed by atoms with Crippen LogP contribution < -0.4 is 5.32 Å². The van der Waals surface area contributed by atoms with Gasteiger partial charge in [-0.2, -0.15) is 0 Å². The van der Waals surface area contributed by atoms with E-state index in [0.29, 0.717) is 20.1 Å². The second-order valence-electron chi connectivity index (χ2n) is 4.41. The van der Waals surface area contributed by atoms with Crippen molar-refractivity contribution in [3.8, 4) is 0 Å². The number of rotatable bonds is 5. The smallest absolute Gasteiger partial charge is 0.0595 e. The fourth-order valence-electron chi connectivity index (χ4n) is 1.83. The minimum atomic E-state index is 0. The van der Waals surface area contributed by atoms with Crippen molar-refractivity contribution in [1.82, 2.24) is 5.32 Å². The van der Waals surface area contributed by atoms with Crippen LogP contribution in [0.5, 0.6) is 0 Å². The summed E-state index contributed by atoms with van der Waals surface area (Å²) in [6.45, 7) is 1.56. The minimum absolute atomic E-state index is 0. The Labute approximate surface area is 150 Å². The first-order chi connectivity index (χ1) is 9.56. The highest BCUT2D eigenvalue weighted by Crippen LogP contribution is 2.23. The standard InChI is InChI=1S/C15H13Cl4N.ClH/c16-12-3-2-11(14(18)8-12)5-6-20-9-10-1-4-13(17)15(19)7-10;/h1-4,7-8,20H,5-6,9H2;1H. The molecule has 0 atom stereocenters. The maximum Gasteiger partial charge on any atom is 0.0595 e. The molecule has 0 spiro atoms. The second kappa shape index (κ2) is 9.09. The maximum atomic E-state index is 6.12. The van der Waals surface area contributed by atoms with Crippen LogP contribution in [-0.4, -0.2) is 6.54 Å². The third-order valence-electron chi connectivity index (χ3n) is 2.90. The van der Waals surface area contributed by atoms with Gasteiger partial charge in [0, 0.05) is 16.6 Å². The molecule has 0 aliphatic heterocycles. The SMILES string of the molecule is Cl.Clc1ccc(CCNCc2ccc(Cl)c(Cl)c2)c(Cl)c1. The van der Waals surface area contributed by atoms with E-state index in [1.54, 1.807) is 12.1 Å². The van der Waals surface area contributed by atoms with Gasteiger partial charge < -0.3 is 5.32 Å². The number of halogens is 5. The Kier molecular flexibility index (Phi) is 8.18. The molecule has 0 fully saturated rings. The van der Waals surface area contributed by atoms with E-state index in [1.165, 1.54) is 0 Å². The van der Waals surface area contributed by atoms with Crippen molar-refractivity contribution in [2.24, 2.45) is 0 Å². The minimum Gasteiger partial charge on any atom is -0.312 e. The molecule has 2 aromatic carbocycles. The second-order valence-corrected chi connectivity index (χ2v) is 6.07. The number of hydrogen-bond acceptors (Lipinski definition) is 1. The third kappa shape index (κ3) is 5.86. The van der Waals surface area contributed by atoms with Crippen LogP contribution in [0.3, 0.4) is 0 Å². The lowest BCUT2D eigenvalue weighted by Crippen LogP contribution is -2.16. The molecule has 0 bridgehead atoms. The summed E-state index contributed by atoms with van der Waals surface area (Å²) in [6.07, 6.45) is 0.845. The average molecular weight is 386 g/mol. The average Bonchev–Trinajstić information content (AvgIpc) is 2.40. The normalized spacial score (nSPS) is 10.3. The highest BCUT2D eigenvalue weighted by Gasteiger charge is 2.02. The van der Waals surface area contributed by atoms with Gasteiger partial charge in [-0.3, -0.25) is 0 Å². The molecule has 0 amide bonds. The van der Waals surface area contributed by atoms with Gasteiger partial charge >= 0.3 is 0 Å². The predicted molar refractivity (Wildman–Crippen MR) is 95.6 cm³/mol. The van der Waals surface area contributed by atoms with Gasteiger partial charge in [-0.1, -0.05) is 58.5 Å². The van der Waals surface area contributed by atoms with E-state index in [4.69, 9.17) is 46.4 Å². The summed E-state index contributed by atoms with van der Waals surface area (Å²) in [4.78, 5) is 0. The van der Waals surface area contributed by atoms with Crippen LogP contribution in [0.25, 0.3) is 0 Å². The number of nitrogens with one attached hydrogen (secondary N) is 1. The van der Waals surface area contributed by atoms with Crippen molar-refractivity contribution in [2.45, 2.75) is 13.0 Å². The molecule has 0 aromatic heterocycles. The van der Waals surface area contributed by atoms with Crippen molar-refractivity contribution in [1.29, 1.82) is 0 Å². The summed E-state index contributed by atoms with van der Waals surface area (Å²) in [5, 5.41) is 5.85. The molecule has 0 saturated carbocycles. The molecular weight excluding hydrogens is 371 g/mol. The molecule has 0 aliphatic rings. The Morgan fingerprint density at radius 1 is 0.810 bits per heavy atom. The molecular formula is C15H14Cl5N. The van der Waals surface area contributed by atoms with Crippen LogP contribution in [-0.2, 0) is 13.0 Å². The van der Waals surface area contributed by atoms with Gasteiger partial charge in [0.05, 0.1) is 10.0 Å². The number of benzene rings is 2. The molecule has 0 aliphatic carbocycles. The maximum absolute atomic E-state index is 6.12. The zero-order valence-electron chi connectivity index (χ0n) is 11.0. The quantitative estimate of drug-likeness (QED) is 0.617. The highest BCUT2D eigenvalue weighted by atomic mass is 35.5. The molecule has 0 radical (unpaired) electrons. The zero-order chi connectivity index (χ0) is 14.5. The summed E-state index contributed by atoms with van der Waals surface area (Å²) in [5.74, 6) is 0. The molecule has 2 rings (SSSR count). The Balaban J connectivity index is 0.00000220. The first-order valence-corrected chi connectivity index (χ1v) is 7.66. The van der Waals surface area contributed by atoms with Gasteiger partial charge in [-0.05, 0) is 48.4 Å². The topological polar surface area (TPSA) is 12.0 Å². The van der Waals surface area contributed by atoms with Gasteiger partial charge in [0.1, 0.15) is 0 Å². The zero-order valence-corrected chi connectivity index (χ0v) is 14.8. The van der Waals surface area contributed by atoms with Crippen molar-refractivity contribution < 1.29 is 0 Å². The first kappa shape index (κ1) is 18.9. The van der Waals surface area contributed by atoms with E-state index in [-0.39, 0.29) is 12.4 Å². The van der Waals surface area contributed by atoms with E-state index in [1.807, 2.05) is 24.3 Å². The molecule has 0 heterocycles. The molecule has 1 N–H and O–H groups in total. The Hall–Kier alpha value is -0.150. The van der Waals surface area contributed by atoms with E-state index < -0.39 is 0 Å². The van der Waals surface area contributed by atoms with Gasteiger partial charge in [-0.15, -0.1) is 12.4 Å². The third-order valence-corrected chi connectivity index (χ3v) is 4.23. The van der Waals surface area contributed by atoms with Gasteiger partial charge in [0.2, 0.25) is 0 Å². The molecule has 0 saturated heterocycles. The largest absolute Gasteiger partial charge is 0.312 e. The Bertz CT molecular complexity index is 601. The lowest BCUT2D eigenvalue weighted by Gasteiger charge is -2.07. The van der Waals surface area contributed by atoms with Crippen LogP contribution in [0, 0.1) is 0 Å². The summed E-state index contributed by atoms with van der Waals surface area (Å²) in [7, 11) is 0. The molecule has 21 heavy (non-hydrogen) atoms. The monoisotopic (exact) mass is 383 g/mol. The summed E-state index contributed by atoms with van der Waals surface area (Å²) in [5.41, 5.74) is 2.18. The van der Waals surface area contributed by atoms with Crippen LogP contribution >= 0.6 is 58.8 Å². The lowest BCUT2D eigenvalue weighted by atomic mass is 10.1. The Morgan fingerprint density at radius 2 is 1.57 bits per heavy atom. The lowest BCUT2D eigenvalue weighted by molar-refractivity contribution is 0.687. The van der Waals surface area contributed by atoms with Gasteiger partial charge in [-0.25, -0.2) is 0 Å². The van der Waals surface area contributed by atoms with Crippen molar-refractivity contribution >= 4 is 58.8 Å². The molecule has 0 unspecified atom stereocenters. The van der Waals surface area contributed by atoms with Gasteiger partial charge in [0.25, 0.3) is 0 Å². The highest BCUT2D eigenvalue weighted by molar-refractivity contribution is 6.42. The van der Waals surface area contributed by atoms with Crippen molar-refractivity contribution in [3.05, 3.63) is 67.6 Å². The van der Waals surface area contributed by atoms with Crippen molar-refractivity contribution in [2.75, 3.05) is 6.54 Å².